The number of halogens is 6. The Labute approximate surface area is 134 Å². The van der Waals surface area contributed by atoms with Gasteiger partial charge < -0.3 is 15.5 Å². The number of carbonyl (C=O) groups is 2. The maximum atomic E-state index is 10.6. The van der Waals surface area contributed by atoms with E-state index in [9.17, 15) is 26.3 Å². The van der Waals surface area contributed by atoms with E-state index in [0.29, 0.717) is 0 Å². The van der Waals surface area contributed by atoms with E-state index in [1.807, 2.05) is 0 Å². The normalized spacial score (nSPS) is 16.2. The quantitative estimate of drug-likeness (QED) is 0.612. The fourth-order valence-corrected chi connectivity index (χ4v) is 1.38. The van der Waals surface area contributed by atoms with Gasteiger partial charge in [-0.05, 0) is 33.4 Å². The highest BCUT2D eigenvalue weighted by atomic mass is 19.4. The van der Waals surface area contributed by atoms with Crippen molar-refractivity contribution in [3.63, 3.8) is 0 Å². The van der Waals surface area contributed by atoms with Crippen LogP contribution in [-0.4, -0.2) is 71.6 Å². The lowest BCUT2D eigenvalue weighted by atomic mass is 10.3. The number of carboxylic acids is 2. The zero-order chi connectivity index (χ0) is 19.6. The molecule has 0 aromatic rings. The van der Waals surface area contributed by atoms with Crippen molar-refractivity contribution < 1.29 is 46.1 Å². The smallest absolute Gasteiger partial charge is 0.475 e. The monoisotopic (exact) mass is 370 g/mol. The molecule has 24 heavy (non-hydrogen) atoms. The molecule has 0 aromatic carbocycles. The van der Waals surface area contributed by atoms with Gasteiger partial charge in [0, 0.05) is 19.1 Å². The first kappa shape index (κ1) is 24.7. The Morgan fingerprint density at radius 3 is 1.58 bits per heavy atom. The van der Waals surface area contributed by atoms with Gasteiger partial charge in [-0.2, -0.15) is 26.3 Å². The van der Waals surface area contributed by atoms with Crippen LogP contribution in [0.25, 0.3) is 0 Å². The Morgan fingerprint density at radius 2 is 1.29 bits per heavy atom. The Morgan fingerprint density at radius 1 is 0.917 bits per heavy atom. The second kappa shape index (κ2) is 11.1. The van der Waals surface area contributed by atoms with Crippen LogP contribution in [0.4, 0.5) is 26.3 Å². The second-order valence-electron chi connectivity index (χ2n) is 4.84. The van der Waals surface area contributed by atoms with E-state index in [0.717, 1.165) is 12.6 Å². The average Bonchev–Trinajstić information content (AvgIpc) is 2.66. The Hall–Kier alpha value is -1.56. The number of hydrogen-bond acceptors (Lipinski definition) is 4. The van der Waals surface area contributed by atoms with Gasteiger partial charge in [-0.3, -0.25) is 4.90 Å². The van der Waals surface area contributed by atoms with E-state index >= 15 is 0 Å². The zero-order valence-corrected chi connectivity index (χ0v) is 13.0. The summed E-state index contributed by atoms with van der Waals surface area (Å²) in [6, 6.07) is 0.722. The molecule has 0 saturated carbocycles. The molecule has 1 aliphatic rings. The van der Waals surface area contributed by atoms with Crippen molar-refractivity contribution in [2.75, 3.05) is 26.2 Å². The predicted molar refractivity (Wildman–Crippen MR) is 71.6 cm³/mol. The molecular weight excluding hydrogens is 350 g/mol. The number of nitrogens with zero attached hydrogens (tertiary/aromatic N) is 1. The number of rotatable bonds is 1. The first-order valence-corrected chi connectivity index (χ1v) is 6.74. The van der Waals surface area contributed by atoms with Crippen molar-refractivity contribution in [2.24, 2.45) is 0 Å². The summed E-state index contributed by atoms with van der Waals surface area (Å²) < 4.78 is 63.5. The highest BCUT2D eigenvalue weighted by Gasteiger charge is 2.38. The molecule has 6 nitrogen and oxygen atoms in total. The van der Waals surface area contributed by atoms with Gasteiger partial charge in [0.1, 0.15) is 0 Å². The van der Waals surface area contributed by atoms with Crippen molar-refractivity contribution in [1.29, 1.82) is 0 Å². The van der Waals surface area contributed by atoms with Crippen LogP contribution in [0.3, 0.4) is 0 Å². The maximum Gasteiger partial charge on any atom is 0.490 e. The first-order valence-electron chi connectivity index (χ1n) is 6.74. The highest BCUT2D eigenvalue weighted by Crippen LogP contribution is 2.13. The molecule has 1 heterocycles. The molecule has 1 fully saturated rings. The lowest BCUT2D eigenvalue weighted by Crippen LogP contribution is -2.33. The molecule has 0 atom stereocenters. The first-order chi connectivity index (χ1) is 10.7. The van der Waals surface area contributed by atoms with E-state index in [2.05, 4.69) is 24.1 Å². The molecule has 1 rings (SSSR count). The van der Waals surface area contributed by atoms with Gasteiger partial charge in [0.2, 0.25) is 0 Å². The van der Waals surface area contributed by atoms with Crippen LogP contribution in [0.15, 0.2) is 0 Å². The minimum absolute atomic E-state index is 0.722. The summed E-state index contributed by atoms with van der Waals surface area (Å²) in [6.07, 6.45) is -8.86. The van der Waals surface area contributed by atoms with Crippen molar-refractivity contribution in [3.05, 3.63) is 0 Å². The number of nitrogens with one attached hydrogen (secondary N) is 1. The summed E-state index contributed by atoms with van der Waals surface area (Å²) in [4.78, 5) is 20.3. The van der Waals surface area contributed by atoms with Crippen LogP contribution in [0, 0.1) is 0 Å². The number of carboxylic acid groups (broad SMARTS) is 2. The molecule has 3 N–H and O–H groups in total. The van der Waals surface area contributed by atoms with Gasteiger partial charge in [-0.1, -0.05) is 0 Å². The number of aliphatic carboxylic acids is 2. The zero-order valence-electron chi connectivity index (χ0n) is 13.0. The lowest BCUT2D eigenvalue weighted by molar-refractivity contribution is -0.193. The SMILES string of the molecule is CC(C)N1CCCNCC1.O=C(O)C(F)(F)F.O=C(O)C(F)(F)F. The third-order valence-corrected chi connectivity index (χ3v) is 2.59. The third kappa shape index (κ3) is 14.1. The molecule has 144 valence electrons. The predicted octanol–water partition coefficient (Wildman–Crippen LogP) is 1.96. The topological polar surface area (TPSA) is 89.9 Å². The van der Waals surface area contributed by atoms with Gasteiger partial charge in [0.15, 0.2) is 0 Å². The summed E-state index contributed by atoms with van der Waals surface area (Å²) in [6.45, 7) is 9.39. The van der Waals surface area contributed by atoms with Crippen LogP contribution in [-0.2, 0) is 9.59 Å². The van der Waals surface area contributed by atoms with Gasteiger partial charge in [-0.15, -0.1) is 0 Å². The highest BCUT2D eigenvalue weighted by molar-refractivity contribution is 5.73. The van der Waals surface area contributed by atoms with Crippen molar-refractivity contribution >= 4 is 11.9 Å². The van der Waals surface area contributed by atoms with Gasteiger partial charge in [-0.25, -0.2) is 9.59 Å². The summed E-state index contributed by atoms with van der Waals surface area (Å²) in [5.41, 5.74) is 0. The molecule has 0 radical (unpaired) electrons. The van der Waals surface area contributed by atoms with E-state index < -0.39 is 24.3 Å². The molecule has 0 unspecified atom stereocenters. The van der Waals surface area contributed by atoms with Crippen LogP contribution in [0.2, 0.25) is 0 Å². The van der Waals surface area contributed by atoms with Crippen LogP contribution >= 0.6 is 0 Å². The van der Waals surface area contributed by atoms with Gasteiger partial charge in [0.05, 0.1) is 0 Å². The molecule has 0 aliphatic carbocycles. The summed E-state index contributed by atoms with van der Waals surface area (Å²) >= 11 is 0. The standard InChI is InChI=1S/C8H18N2.2C2HF3O2/c1-8(2)10-6-3-4-9-5-7-10;2*3-2(4,5)1(6)7/h8-9H,3-7H2,1-2H3;2*(H,6,7). The molecule has 1 aliphatic heterocycles. The van der Waals surface area contributed by atoms with Crippen LogP contribution < -0.4 is 5.32 Å². The molecule has 0 spiro atoms. The third-order valence-electron chi connectivity index (χ3n) is 2.59. The van der Waals surface area contributed by atoms with E-state index in [1.54, 1.807) is 0 Å². The Bertz CT molecular complexity index is 353. The molecule has 0 aromatic heterocycles. The van der Waals surface area contributed by atoms with E-state index in [1.165, 1.54) is 26.1 Å². The van der Waals surface area contributed by atoms with Gasteiger partial charge >= 0.3 is 24.3 Å². The minimum Gasteiger partial charge on any atom is -0.475 e. The van der Waals surface area contributed by atoms with E-state index in [4.69, 9.17) is 19.8 Å². The summed E-state index contributed by atoms with van der Waals surface area (Å²) in [5, 5.41) is 17.6. The number of hydrogen-bond donors (Lipinski definition) is 3. The van der Waals surface area contributed by atoms with Crippen molar-refractivity contribution in [1.82, 2.24) is 10.2 Å². The minimum atomic E-state index is -5.08. The lowest BCUT2D eigenvalue weighted by Gasteiger charge is -2.23. The molecular formula is C12H20F6N2O4. The Balaban J connectivity index is 0. The Kier molecular flexibility index (Phi) is 11.4. The molecule has 1 saturated heterocycles. The van der Waals surface area contributed by atoms with Gasteiger partial charge in [0.25, 0.3) is 0 Å². The van der Waals surface area contributed by atoms with Crippen LogP contribution in [0.5, 0.6) is 0 Å². The summed E-state index contributed by atoms with van der Waals surface area (Å²) in [7, 11) is 0. The second-order valence-corrected chi connectivity index (χ2v) is 4.84. The number of alkyl halides is 6. The van der Waals surface area contributed by atoms with Crippen LogP contribution in [0.1, 0.15) is 20.3 Å². The van der Waals surface area contributed by atoms with Crippen molar-refractivity contribution in [2.45, 2.75) is 38.7 Å². The maximum absolute atomic E-state index is 10.6. The fraction of sp³-hybridized carbons (Fsp3) is 0.833. The summed E-state index contributed by atoms with van der Waals surface area (Å²) in [5.74, 6) is -5.51. The van der Waals surface area contributed by atoms with E-state index in [-0.39, 0.29) is 0 Å². The molecule has 12 heteroatoms. The molecule has 0 bridgehead atoms. The van der Waals surface area contributed by atoms with Crippen molar-refractivity contribution in [3.8, 4) is 0 Å². The largest absolute Gasteiger partial charge is 0.490 e. The average molecular weight is 370 g/mol. The fourth-order valence-electron chi connectivity index (χ4n) is 1.38. The molecule has 0 amide bonds.